The summed E-state index contributed by atoms with van der Waals surface area (Å²) in [7, 11) is 3.36. The van der Waals surface area contributed by atoms with E-state index in [0.717, 1.165) is 58.1 Å². The Balaban J connectivity index is 1.48. The van der Waals surface area contributed by atoms with Gasteiger partial charge in [0, 0.05) is 24.0 Å². The summed E-state index contributed by atoms with van der Waals surface area (Å²) >= 11 is 0. The largest absolute Gasteiger partial charge is 0.497 e. The van der Waals surface area contributed by atoms with Crippen molar-refractivity contribution in [3.8, 4) is 11.5 Å². The second-order valence-electron chi connectivity index (χ2n) is 6.80. The molecule has 2 atom stereocenters. The molecule has 0 aliphatic heterocycles. The Bertz CT molecular complexity index is 1010. The van der Waals surface area contributed by atoms with Crippen molar-refractivity contribution in [2.45, 2.75) is 24.7 Å². The summed E-state index contributed by atoms with van der Waals surface area (Å²) in [5.41, 5.74) is 3.97. The van der Waals surface area contributed by atoms with Gasteiger partial charge in [0.25, 0.3) is 0 Å². The quantitative estimate of drug-likeness (QED) is 0.582. The van der Waals surface area contributed by atoms with Crippen molar-refractivity contribution < 1.29 is 9.47 Å². The summed E-state index contributed by atoms with van der Waals surface area (Å²) in [6.45, 7) is 0. The Morgan fingerprint density at radius 2 is 1.23 bits per heavy atom. The van der Waals surface area contributed by atoms with E-state index in [1.807, 2.05) is 36.4 Å². The van der Waals surface area contributed by atoms with E-state index in [-0.39, 0.29) is 0 Å². The van der Waals surface area contributed by atoms with Crippen LogP contribution in [0.15, 0.2) is 36.4 Å². The van der Waals surface area contributed by atoms with Crippen molar-refractivity contribution in [1.29, 1.82) is 0 Å². The number of hydrogen-bond donors (Lipinski definition) is 2. The maximum absolute atomic E-state index is 5.30. The van der Waals surface area contributed by atoms with Crippen LogP contribution in [-0.4, -0.2) is 34.2 Å². The van der Waals surface area contributed by atoms with Crippen LogP contribution in [0.3, 0.4) is 0 Å². The highest BCUT2D eigenvalue weighted by Gasteiger charge is 2.37. The van der Waals surface area contributed by atoms with Gasteiger partial charge in [0.15, 0.2) is 0 Å². The molecule has 132 valence electrons. The topological polar surface area (TPSA) is 75.8 Å². The molecule has 0 saturated heterocycles. The lowest BCUT2D eigenvalue weighted by molar-refractivity contribution is 0.323. The van der Waals surface area contributed by atoms with Gasteiger partial charge in [0.05, 0.1) is 36.3 Å². The minimum Gasteiger partial charge on any atom is -0.497 e. The van der Waals surface area contributed by atoms with Gasteiger partial charge >= 0.3 is 0 Å². The van der Waals surface area contributed by atoms with Crippen LogP contribution in [-0.2, 0) is 0 Å². The van der Waals surface area contributed by atoms with Crippen molar-refractivity contribution in [3.63, 3.8) is 0 Å². The van der Waals surface area contributed by atoms with Crippen molar-refractivity contribution in [3.05, 3.63) is 48.0 Å². The molecule has 0 radical (unpaired) electrons. The second-order valence-corrected chi connectivity index (χ2v) is 6.80. The lowest BCUT2D eigenvalue weighted by Gasteiger charge is -2.33. The fraction of sp³-hybridized carbons (Fsp3) is 0.300. The smallest absolute Gasteiger partial charge is 0.121 e. The van der Waals surface area contributed by atoms with Gasteiger partial charge in [0.1, 0.15) is 23.1 Å². The number of fused-ring (bicyclic) bond motifs is 2. The highest BCUT2D eigenvalue weighted by molar-refractivity contribution is 5.78. The van der Waals surface area contributed by atoms with Crippen LogP contribution in [0, 0.1) is 0 Å². The number of aromatic amines is 2. The van der Waals surface area contributed by atoms with Crippen LogP contribution >= 0.6 is 0 Å². The minimum atomic E-state index is 0.357. The zero-order valence-electron chi connectivity index (χ0n) is 14.7. The average Bonchev–Trinajstić information content (AvgIpc) is 3.22. The molecule has 5 rings (SSSR count). The normalized spacial score (nSPS) is 19.6. The van der Waals surface area contributed by atoms with E-state index in [0.29, 0.717) is 11.8 Å². The summed E-state index contributed by atoms with van der Waals surface area (Å²) in [6, 6.07) is 11.9. The first-order chi connectivity index (χ1) is 12.7. The number of nitrogens with one attached hydrogen (secondary N) is 2. The summed E-state index contributed by atoms with van der Waals surface area (Å²) in [6.07, 6.45) is 2.23. The number of imidazole rings is 2. The molecule has 1 fully saturated rings. The predicted molar refractivity (Wildman–Crippen MR) is 100 cm³/mol. The highest BCUT2D eigenvalue weighted by atomic mass is 16.5. The maximum atomic E-state index is 5.30. The molecule has 0 bridgehead atoms. The number of ether oxygens (including phenoxy) is 2. The number of methoxy groups -OCH3 is 2. The van der Waals surface area contributed by atoms with E-state index in [1.54, 1.807) is 14.2 Å². The molecule has 2 unspecified atom stereocenters. The van der Waals surface area contributed by atoms with Crippen molar-refractivity contribution in [1.82, 2.24) is 19.9 Å². The highest BCUT2D eigenvalue weighted by Crippen LogP contribution is 2.48. The molecule has 4 aromatic rings. The Kier molecular flexibility index (Phi) is 3.38. The lowest BCUT2D eigenvalue weighted by Crippen LogP contribution is -2.23. The zero-order chi connectivity index (χ0) is 17.7. The first kappa shape index (κ1) is 15.3. The standard InChI is InChI=1S/C20H20N4O2/c1-25-11-3-7-15-17(9-11)23-19(21-15)13-5-6-14(13)20-22-16-8-4-12(26-2)10-18(16)24-20/h3-4,7-10,13-14H,5-6H2,1-2H3,(H,21,23)(H,22,24). The molecular formula is C20H20N4O2. The zero-order valence-corrected chi connectivity index (χ0v) is 14.7. The lowest BCUT2D eigenvalue weighted by atomic mass is 9.72. The summed E-state index contributed by atoms with van der Waals surface area (Å²) < 4.78 is 10.6. The van der Waals surface area contributed by atoms with E-state index in [9.17, 15) is 0 Å². The molecule has 1 saturated carbocycles. The fourth-order valence-corrected chi connectivity index (χ4v) is 3.78. The molecular weight excluding hydrogens is 328 g/mol. The van der Waals surface area contributed by atoms with Crippen molar-refractivity contribution in [2.24, 2.45) is 0 Å². The van der Waals surface area contributed by atoms with Gasteiger partial charge in [-0.15, -0.1) is 0 Å². The van der Waals surface area contributed by atoms with Crippen LogP contribution in [0.25, 0.3) is 22.1 Å². The van der Waals surface area contributed by atoms with Gasteiger partial charge in [-0.25, -0.2) is 9.97 Å². The Labute approximate surface area is 150 Å². The molecule has 2 aromatic heterocycles. The van der Waals surface area contributed by atoms with E-state index >= 15 is 0 Å². The van der Waals surface area contributed by atoms with Gasteiger partial charge in [-0.3, -0.25) is 0 Å². The van der Waals surface area contributed by atoms with Gasteiger partial charge in [-0.2, -0.15) is 0 Å². The van der Waals surface area contributed by atoms with Crippen LogP contribution in [0.1, 0.15) is 36.3 Å². The molecule has 6 nitrogen and oxygen atoms in total. The number of nitrogens with zero attached hydrogens (tertiary/aromatic N) is 2. The molecule has 0 amide bonds. The molecule has 26 heavy (non-hydrogen) atoms. The molecule has 0 spiro atoms. The third-order valence-corrected chi connectivity index (χ3v) is 5.39. The number of benzene rings is 2. The Morgan fingerprint density at radius 3 is 1.62 bits per heavy atom. The summed E-state index contributed by atoms with van der Waals surface area (Å²) in [5.74, 6) is 4.45. The fourth-order valence-electron chi connectivity index (χ4n) is 3.78. The number of hydrogen-bond acceptors (Lipinski definition) is 4. The van der Waals surface area contributed by atoms with E-state index in [2.05, 4.69) is 9.97 Å². The first-order valence-electron chi connectivity index (χ1n) is 8.82. The molecule has 2 aromatic carbocycles. The van der Waals surface area contributed by atoms with Gasteiger partial charge in [-0.05, 0) is 37.1 Å². The first-order valence-corrected chi connectivity index (χ1v) is 8.82. The number of rotatable bonds is 4. The van der Waals surface area contributed by atoms with Crippen molar-refractivity contribution >= 4 is 22.1 Å². The molecule has 1 aliphatic carbocycles. The van der Waals surface area contributed by atoms with E-state index in [1.165, 1.54) is 0 Å². The molecule has 2 N–H and O–H groups in total. The third-order valence-electron chi connectivity index (χ3n) is 5.39. The minimum absolute atomic E-state index is 0.357. The van der Waals surface area contributed by atoms with Crippen LogP contribution in [0.2, 0.25) is 0 Å². The van der Waals surface area contributed by atoms with E-state index < -0.39 is 0 Å². The number of aromatic nitrogens is 4. The van der Waals surface area contributed by atoms with Gasteiger partial charge in [0.2, 0.25) is 0 Å². The van der Waals surface area contributed by atoms with Gasteiger partial charge < -0.3 is 19.4 Å². The van der Waals surface area contributed by atoms with Gasteiger partial charge in [-0.1, -0.05) is 0 Å². The SMILES string of the molecule is COc1ccc2nc(C3CCC3c3nc4ccc(OC)cc4[nH]3)[nH]c2c1. The Morgan fingerprint density at radius 1 is 0.769 bits per heavy atom. The van der Waals surface area contributed by atoms with Crippen LogP contribution < -0.4 is 9.47 Å². The van der Waals surface area contributed by atoms with Crippen LogP contribution in [0.4, 0.5) is 0 Å². The third kappa shape index (κ3) is 2.33. The Hall–Kier alpha value is -3.02. The summed E-state index contributed by atoms with van der Waals surface area (Å²) in [4.78, 5) is 16.5. The molecule has 1 aliphatic rings. The van der Waals surface area contributed by atoms with Crippen molar-refractivity contribution in [2.75, 3.05) is 14.2 Å². The van der Waals surface area contributed by atoms with Crippen LogP contribution in [0.5, 0.6) is 11.5 Å². The molecule has 2 heterocycles. The number of H-pyrrole nitrogens is 2. The second kappa shape index (κ2) is 5.76. The predicted octanol–water partition coefficient (Wildman–Crippen LogP) is 4.12. The summed E-state index contributed by atoms with van der Waals surface area (Å²) in [5, 5.41) is 0. The molecule has 6 heteroatoms. The van der Waals surface area contributed by atoms with E-state index in [4.69, 9.17) is 19.4 Å². The maximum Gasteiger partial charge on any atom is 0.121 e. The monoisotopic (exact) mass is 348 g/mol. The average molecular weight is 348 g/mol.